The first-order valence-electron chi connectivity index (χ1n) is 12.0. The largest absolute Gasteiger partial charge is 0.393 e. The van der Waals surface area contributed by atoms with E-state index in [-0.39, 0.29) is 17.8 Å². The van der Waals surface area contributed by atoms with Crippen LogP contribution < -0.4 is 0 Å². The van der Waals surface area contributed by atoms with E-state index in [1.807, 2.05) is 24.3 Å². The molecule has 0 aliphatic heterocycles. The molecule has 5 aliphatic rings. The Labute approximate surface area is 191 Å². The van der Waals surface area contributed by atoms with Crippen LogP contribution in [0.5, 0.6) is 0 Å². The molecule has 0 heterocycles. The van der Waals surface area contributed by atoms with Gasteiger partial charge in [0, 0.05) is 23.8 Å². The van der Waals surface area contributed by atoms with E-state index in [0.717, 1.165) is 48.8 Å². The third-order valence-corrected chi connectivity index (χ3v) is 7.38. The highest BCUT2D eigenvalue weighted by Gasteiger charge is 2.25. The Kier molecular flexibility index (Phi) is 5.97. The Morgan fingerprint density at radius 3 is 2.75 bits per heavy atom. The third-order valence-electron chi connectivity index (χ3n) is 7.38. The quantitative estimate of drug-likeness (QED) is 0.534. The van der Waals surface area contributed by atoms with Gasteiger partial charge >= 0.3 is 0 Å². The van der Waals surface area contributed by atoms with Crippen LogP contribution >= 0.6 is 0 Å². The van der Waals surface area contributed by atoms with Gasteiger partial charge in [0.05, 0.1) is 6.10 Å². The zero-order chi connectivity index (χ0) is 22.1. The molecule has 2 heteroatoms. The Hall–Kier alpha value is -2.71. The number of aliphatic hydroxyl groups excluding tert-OH is 1. The molecule has 4 unspecified atom stereocenters. The van der Waals surface area contributed by atoms with Crippen molar-refractivity contribution in [1.82, 2.24) is 0 Å². The number of hydrogen-bond acceptors (Lipinski definition) is 2. The van der Waals surface area contributed by atoms with E-state index in [2.05, 4.69) is 49.1 Å². The normalized spacial score (nSPS) is 30.7. The summed E-state index contributed by atoms with van der Waals surface area (Å²) >= 11 is 0. The lowest BCUT2D eigenvalue weighted by Crippen LogP contribution is -2.20. The van der Waals surface area contributed by atoms with E-state index in [4.69, 9.17) is 0 Å². The lowest BCUT2D eigenvalue weighted by atomic mass is 9.81. The SMILES string of the molecule is C=C1C=C(C(=O)CCC2=CC3C=C(CC4CCCC(O)C4)C=CC3=C2)C=C2C=CC=CC12. The standard InChI is InChI=1S/C30H32O2/c1-20-13-27(19-25-6-2-3-8-29(20)25)30(32)12-10-23-15-24-11-9-22(16-26(24)17-23)14-21-5-4-7-28(31)18-21/h2-3,6,8-9,11,13,15-17,19,21,26,28-29,31H,1,4-5,7,10,12,14,18H2. The number of aliphatic hydroxyl groups is 1. The Morgan fingerprint density at radius 1 is 1.00 bits per heavy atom. The van der Waals surface area contributed by atoms with Crippen molar-refractivity contribution in [2.24, 2.45) is 17.8 Å². The van der Waals surface area contributed by atoms with E-state index in [1.54, 1.807) is 0 Å². The minimum atomic E-state index is -0.114. The first kappa shape index (κ1) is 21.2. The Bertz CT molecular complexity index is 1070. The van der Waals surface area contributed by atoms with Gasteiger partial charge in [0.25, 0.3) is 0 Å². The average Bonchev–Trinajstić information content (AvgIpc) is 3.20. The summed E-state index contributed by atoms with van der Waals surface area (Å²) in [5.41, 5.74) is 6.91. The molecule has 0 aromatic rings. The molecule has 0 aromatic carbocycles. The van der Waals surface area contributed by atoms with Crippen molar-refractivity contribution in [3.05, 3.63) is 107 Å². The molecular weight excluding hydrogens is 392 g/mol. The summed E-state index contributed by atoms with van der Waals surface area (Å²) in [5.74, 6) is 1.34. The number of carbonyl (C=O) groups excluding carboxylic acids is 1. The first-order chi connectivity index (χ1) is 15.5. The minimum absolute atomic E-state index is 0.114. The molecule has 0 saturated heterocycles. The zero-order valence-corrected chi connectivity index (χ0v) is 18.7. The molecule has 2 nitrogen and oxygen atoms in total. The molecule has 164 valence electrons. The van der Waals surface area contributed by atoms with Gasteiger partial charge in [-0.15, -0.1) is 0 Å². The van der Waals surface area contributed by atoms with Gasteiger partial charge in [-0.1, -0.05) is 78.8 Å². The molecule has 1 fully saturated rings. The van der Waals surface area contributed by atoms with E-state index in [1.165, 1.54) is 23.1 Å². The number of carbonyl (C=O) groups is 1. The van der Waals surface area contributed by atoms with Crippen LogP contribution in [-0.4, -0.2) is 17.0 Å². The highest BCUT2D eigenvalue weighted by molar-refractivity contribution is 5.99. The molecule has 0 aromatic heterocycles. The van der Waals surface area contributed by atoms with Gasteiger partial charge in [-0.3, -0.25) is 4.79 Å². The molecule has 5 rings (SSSR count). The van der Waals surface area contributed by atoms with E-state index < -0.39 is 0 Å². The molecule has 0 amide bonds. The number of ketones is 1. The van der Waals surface area contributed by atoms with Crippen LogP contribution in [-0.2, 0) is 4.79 Å². The molecule has 0 spiro atoms. The summed E-state index contributed by atoms with van der Waals surface area (Å²) in [6.07, 6.45) is 30.2. The molecule has 1 N–H and O–H groups in total. The number of allylic oxidation sites excluding steroid dienone is 17. The number of fused-ring (bicyclic) bond motifs is 2. The summed E-state index contributed by atoms with van der Waals surface area (Å²) in [7, 11) is 0. The molecule has 5 aliphatic carbocycles. The fourth-order valence-electron chi connectivity index (χ4n) is 5.66. The summed E-state index contributed by atoms with van der Waals surface area (Å²) in [4.78, 5) is 12.9. The Morgan fingerprint density at radius 2 is 1.88 bits per heavy atom. The highest BCUT2D eigenvalue weighted by atomic mass is 16.3. The summed E-state index contributed by atoms with van der Waals surface area (Å²) in [5, 5.41) is 9.96. The van der Waals surface area contributed by atoms with Crippen LogP contribution in [0.2, 0.25) is 0 Å². The van der Waals surface area contributed by atoms with Crippen molar-refractivity contribution < 1.29 is 9.90 Å². The Balaban J connectivity index is 1.19. The predicted octanol–water partition coefficient (Wildman–Crippen LogP) is 6.42. The second-order valence-electron chi connectivity index (χ2n) is 9.84. The van der Waals surface area contributed by atoms with Crippen LogP contribution in [0.3, 0.4) is 0 Å². The van der Waals surface area contributed by atoms with Crippen molar-refractivity contribution in [3.63, 3.8) is 0 Å². The summed E-state index contributed by atoms with van der Waals surface area (Å²) < 4.78 is 0. The van der Waals surface area contributed by atoms with Gasteiger partial charge in [0.1, 0.15) is 0 Å². The predicted molar refractivity (Wildman–Crippen MR) is 131 cm³/mol. The maximum atomic E-state index is 12.9. The van der Waals surface area contributed by atoms with E-state index >= 15 is 0 Å². The molecule has 0 radical (unpaired) electrons. The van der Waals surface area contributed by atoms with E-state index in [0.29, 0.717) is 18.3 Å². The molecule has 1 saturated carbocycles. The van der Waals surface area contributed by atoms with Crippen molar-refractivity contribution in [2.75, 3.05) is 0 Å². The maximum absolute atomic E-state index is 12.9. The van der Waals surface area contributed by atoms with Gasteiger partial charge in [-0.2, -0.15) is 0 Å². The van der Waals surface area contributed by atoms with Gasteiger partial charge in [-0.05, 0) is 66.9 Å². The van der Waals surface area contributed by atoms with Gasteiger partial charge in [0.2, 0.25) is 0 Å². The van der Waals surface area contributed by atoms with Crippen LogP contribution in [0.1, 0.15) is 44.9 Å². The van der Waals surface area contributed by atoms with Gasteiger partial charge in [0.15, 0.2) is 5.78 Å². The zero-order valence-electron chi connectivity index (χ0n) is 18.7. The monoisotopic (exact) mass is 424 g/mol. The van der Waals surface area contributed by atoms with Crippen LogP contribution in [0.25, 0.3) is 0 Å². The van der Waals surface area contributed by atoms with Crippen molar-refractivity contribution in [1.29, 1.82) is 0 Å². The number of hydrogen-bond donors (Lipinski definition) is 1. The van der Waals surface area contributed by atoms with Crippen molar-refractivity contribution in [3.8, 4) is 0 Å². The number of Topliss-reactive ketones (excluding diaryl/α,β-unsaturated/α-hetero) is 1. The second kappa shape index (κ2) is 9.03. The lowest BCUT2D eigenvalue weighted by Gasteiger charge is -2.27. The number of rotatable bonds is 6. The topological polar surface area (TPSA) is 37.3 Å². The summed E-state index contributed by atoms with van der Waals surface area (Å²) in [6.45, 7) is 4.17. The van der Waals surface area contributed by atoms with Gasteiger partial charge in [-0.25, -0.2) is 0 Å². The maximum Gasteiger partial charge on any atom is 0.163 e. The van der Waals surface area contributed by atoms with Crippen LogP contribution in [0.4, 0.5) is 0 Å². The lowest BCUT2D eigenvalue weighted by molar-refractivity contribution is -0.115. The van der Waals surface area contributed by atoms with Crippen LogP contribution in [0.15, 0.2) is 107 Å². The fourth-order valence-corrected chi connectivity index (χ4v) is 5.66. The third kappa shape index (κ3) is 4.56. The average molecular weight is 425 g/mol. The molecule has 0 bridgehead atoms. The molecular formula is C30H32O2. The molecule has 4 atom stereocenters. The van der Waals surface area contributed by atoms with Crippen molar-refractivity contribution >= 4 is 5.78 Å². The van der Waals surface area contributed by atoms with Crippen molar-refractivity contribution in [2.45, 2.75) is 51.0 Å². The first-order valence-corrected chi connectivity index (χ1v) is 12.0. The summed E-state index contributed by atoms with van der Waals surface area (Å²) in [6, 6.07) is 0. The fraction of sp³-hybridized carbons (Fsp3) is 0.367. The minimum Gasteiger partial charge on any atom is -0.393 e. The van der Waals surface area contributed by atoms with Gasteiger partial charge < -0.3 is 5.11 Å². The molecule has 32 heavy (non-hydrogen) atoms. The van der Waals surface area contributed by atoms with E-state index in [9.17, 15) is 9.90 Å². The van der Waals surface area contributed by atoms with Crippen LogP contribution in [0, 0.1) is 17.8 Å². The highest BCUT2D eigenvalue weighted by Crippen LogP contribution is 2.37. The smallest absolute Gasteiger partial charge is 0.163 e. The second-order valence-corrected chi connectivity index (χ2v) is 9.84.